The molecule has 2 aliphatic rings. The van der Waals surface area contributed by atoms with Crippen LogP contribution in [0.3, 0.4) is 0 Å². The number of piperidine rings is 1. The predicted octanol–water partition coefficient (Wildman–Crippen LogP) is 3.19. The Morgan fingerprint density at radius 2 is 1.79 bits per heavy atom. The zero-order valence-electron chi connectivity index (χ0n) is 23.4. The number of carbonyl (C=O) groups excluding carboxylic acids is 2. The van der Waals surface area contributed by atoms with Crippen LogP contribution in [0.2, 0.25) is 0 Å². The van der Waals surface area contributed by atoms with Gasteiger partial charge in [-0.15, -0.1) is 0 Å². The molecule has 2 aromatic rings. The van der Waals surface area contributed by atoms with Crippen LogP contribution in [-0.4, -0.2) is 78.1 Å². The second-order valence-corrected chi connectivity index (χ2v) is 11.0. The monoisotopic (exact) mass is 526 g/mol. The number of ether oxygens (including phenoxy) is 2. The summed E-state index contributed by atoms with van der Waals surface area (Å²) in [4.78, 5) is 35.3. The number of H-pyrrole nitrogens is 1. The van der Waals surface area contributed by atoms with E-state index in [1.54, 1.807) is 18.0 Å². The standard InChI is InChI=1S/C27H39BN4O6/c1-17(35-6)22(31-25(34)36-7)24(33)32-15-9-8-10-21(32)23-29-16-20(30-23)18-11-13-19(14-12-18)28-37-26(2,3)27(4,5)38-28/h11-14,16-17,21-22H,8-10,15H2,1-7H3,(H,29,30)(H,31,34)/t17-,21+,22+/m1/s1. The van der Waals surface area contributed by atoms with Gasteiger partial charge in [-0.25, -0.2) is 9.78 Å². The Morgan fingerprint density at radius 3 is 2.39 bits per heavy atom. The molecule has 4 rings (SSSR count). The number of nitrogens with one attached hydrogen (secondary N) is 2. The highest BCUT2D eigenvalue weighted by Gasteiger charge is 2.51. The number of nitrogens with zero attached hydrogens (tertiary/aromatic N) is 2. The number of likely N-dealkylation sites (tertiary alicyclic amines) is 1. The summed E-state index contributed by atoms with van der Waals surface area (Å²) in [6, 6.07) is 6.92. The molecule has 2 aliphatic heterocycles. The molecule has 38 heavy (non-hydrogen) atoms. The number of amides is 2. The third-order valence-electron chi connectivity index (χ3n) is 8.01. The van der Waals surface area contributed by atoms with E-state index in [1.165, 1.54) is 14.2 Å². The van der Waals surface area contributed by atoms with E-state index in [-0.39, 0.29) is 11.9 Å². The molecule has 3 atom stereocenters. The van der Waals surface area contributed by atoms with Crippen LogP contribution < -0.4 is 10.8 Å². The van der Waals surface area contributed by atoms with Crippen LogP contribution in [0.1, 0.15) is 65.7 Å². The highest BCUT2D eigenvalue weighted by atomic mass is 16.7. The van der Waals surface area contributed by atoms with Crippen molar-refractivity contribution >= 4 is 24.6 Å². The Labute approximate surface area is 224 Å². The lowest BCUT2D eigenvalue weighted by Gasteiger charge is -2.37. The van der Waals surface area contributed by atoms with Crippen molar-refractivity contribution in [3.8, 4) is 11.3 Å². The normalized spacial score (nSPS) is 22.1. The Kier molecular flexibility index (Phi) is 8.20. The van der Waals surface area contributed by atoms with Crippen LogP contribution in [0.15, 0.2) is 30.5 Å². The van der Waals surface area contributed by atoms with E-state index in [0.717, 1.165) is 36.0 Å². The van der Waals surface area contributed by atoms with Gasteiger partial charge in [0, 0.05) is 13.7 Å². The number of aromatic amines is 1. The first-order valence-corrected chi connectivity index (χ1v) is 13.2. The van der Waals surface area contributed by atoms with Crippen molar-refractivity contribution in [2.24, 2.45) is 0 Å². The van der Waals surface area contributed by atoms with Gasteiger partial charge in [0.25, 0.3) is 0 Å². The fraction of sp³-hybridized carbons (Fsp3) is 0.593. The van der Waals surface area contributed by atoms with Gasteiger partial charge in [-0.3, -0.25) is 4.79 Å². The molecule has 2 amide bonds. The van der Waals surface area contributed by atoms with Crippen LogP contribution in [0.5, 0.6) is 0 Å². The summed E-state index contributed by atoms with van der Waals surface area (Å²) in [5.41, 5.74) is 1.98. The van der Waals surface area contributed by atoms with Crippen molar-refractivity contribution < 1.29 is 28.4 Å². The van der Waals surface area contributed by atoms with Crippen molar-refractivity contribution in [2.45, 2.75) is 83.3 Å². The van der Waals surface area contributed by atoms with Gasteiger partial charge in [-0.1, -0.05) is 24.3 Å². The second kappa shape index (κ2) is 11.1. The Balaban J connectivity index is 1.51. The highest BCUT2D eigenvalue weighted by molar-refractivity contribution is 6.62. The van der Waals surface area contributed by atoms with E-state index < -0.39 is 36.6 Å². The molecule has 206 valence electrons. The number of methoxy groups -OCH3 is 2. The fourth-order valence-corrected chi connectivity index (χ4v) is 4.81. The quantitative estimate of drug-likeness (QED) is 0.533. The smallest absolute Gasteiger partial charge is 0.453 e. The van der Waals surface area contributed by atoms with Crippen molar-refractivity contribution in [3.05, 3.63) is 36.3 Å². The maximum absolute atomic E-state index is 13.6. The summed E-state index contributed by atoms with van der Waals surface area (Å²) in [7, 11) is 2.35. The Bertz CT molecular complexity index is 1120. The number of hydrogen-bond donors (Lipinski definition) is 2. The van der Waals surface area contributed by atoms with Gasteiger partial charge in [0.05, 0.1) is 42.3 Å². The maximum Gasteiger partial charge on any atom is 0.494 e. The second-order valence-electron chi connectivity index (χ2n) is 11.0. The van der Waals surface area contributed by atoms with Crippen LogP contribution in [0, 0.1) is 0 Å². The van der Waals surface area contributed by atoms with Gasteiger partial charge in [-0.2, -0.15) is 0 Å². The van der Waals surface area contributed by atoms with Gasteiger partial charge in [0.1, 0.15) is 11.9 Å². The number of hydrogen-bond acceptors (Lipinski definition) is 7. The molecule has 0 aliphatic carbocycles. The van der Waals surface area contributed by atoms with E-state index >= 15 is 0 Å². The summed E-state index contributed by atoms with van der Waals surface area (Å²) in [6.45, 7) is 10.5. The third kappa shape index (κ3) is 5.60. The molecule has 0 bridgehead atoms. The molecule has 2 N–H and O–H groups in total. The molecule has 0 unspecified atom stereocenters. The van der Waals surface area contributed by atoms with Gasteiger partial charge >= 0.3 is 13.2 Å². The Hall–Kier alpha value is -2.89. The summed E-state index contributed by atoms with van der Waals surface area (Å²) < 4.78 is 22.4. The SMILES string of the molecule is COC(=O)N[C@H](C(=O)N1CCCC[C@H]1c1ncc(-c2ccc(B3OC(C)(C)C(C)(C)O3)cc2)[nH]1)[C@@H](C)OC. The molecule has 11 heteroatoms. The zero-order chi connectivity index (χ0) is 27.7. The number of alkyl carbamates (subject to hydrolysis) is 1. The summed E-state index contributed by atoms with van der Waals surface area (Å²) in [6.07, 6.45) is 3.21. The van der Waals surface area contributed by atoms with Gasteiger partial charge in [-0.05, 0) is 64.9 Å². The number of rotatable bonds is 7. The minimum absolute atomic E-state index is 0.223. The summed E-state index contributed by atoms with van der Waals surface area (Å²) >= 11 is 0. The molecule has 1 aromatic carbocycles. The van der Waals surface area contributed by atoms with Crippen molar-refractivity contribution in [1.29, 1.82) is 0 Å². The maximum atomic E-state index is 13.6. The molecule has 3 heterocycles. The minimum Gasteiger partial charge on any atom is -0.453 e. The van der Waals surface area contributed by atoms with Crippen LogP contribution in [0.25, 0.3) is 11.3 Å². The zero-order valence-corrected chi connectivity index (χ0v) is 23.4. The molecule has 2 fully saturated rings. The topological polar surface area (TPSA) is 115 Å². The molecule has 0 radical (unpaired) electrons. The van der Waals surface area contributed by atoms with E-state index in [1.807, 2.05) is 52.0 Å². The summed E-state index contributed by atoms with van der Waals surface area (Å²) in [5.74, 6) is 0.490. The lowest BCUT2D eigenvalue weighted by Crippen LogP contribution is -2.55. The number of benzene rings is 1. The van der Waals surface area contributed by atoms with E-state index in [0.29, 0.717) is 12.4 Å². The van der Waals surface area contributed by atoms with Gasteiger partial charge < -0.3 is 34.0 Å². The van der Waals surface area contributed by atoms with Crippen LogP contribution in [-0.2, 0) is 23.6 Å². The van der Waals surface area contributed by atoms with Crippen molar-refractivity contribution in [2.75, 3.05) is 20.8 Å². The third-order valence-corrected chi connectivity index (χ3v) is 8.01. The molecular formula is C27H39BN4O6. The predicted molar refractivity (Wildman–Crippen MR) is 144 cm³/mol. The first-order chi connectivity index (χ1) is 18.0. The highest BCUT2D eigenvalue weighted by Crippen LogP contribution is 2.37. The first kappa shape index (κ1) is 28.1. The van der Waals surface area contributed by atoms with E-state index in [4.69, 9.17) is 18.8 Å². The largest absolute Gasteiger partial charge is 0.494 e. The lowest BCUT2D eigenvalue weighted by atomic mass is 9.79. The average Bonchev–Trinajstić information content (AvgIpc) is 3.48. The van der Waals surface area contributed by atoms with Gasteiger partial charge in [0.2, 0.25) is 5.91 Å². The Morgan fingerprint density at radius 1 is 1.13 bits per heavy atom. The van der Waals surface area contributed by atoms with Crippen LogP contribution >= 0.6 is 0 Å². The van der Waals surface area contributed by atoms with E-state index in [2.05, 4.69) is 15.3 Å². The average molecular weight is 526 g/mol. The summed E-state index contributed by atoms with van der Waals surface area (Å²) in [5, 5.41) is 2.63. The van der Waals surface area contributed by atoms with Crippen molar-refractivity contribution in [1.82, 2.24) is 20.2 Å². The van der Waals surface area contributed by atoms with Crippen molar-refractivity contribution in [3.63, 3.8) is 0 Å². The number of carbonyl (C=O) groups is 2. The molecule has 0 spiro atoms. The molecular weight excluding hydrogens is 487 g/mol. The van der Waals surface area contributed by atoms with Gasteiger partial charge in [0.15, 0.2) is 0 Å². The fourth-order valence-electron chi connectivity index (χ4n) is 4.81. The number of aromatic nitrogens is 2. The minimum atomic E-state index is -0.870. The number of imidazole rings is 1. The molecule has 10 nitrogen and oxygen atoms in total. The molecule has 0 saturated carbocycles. The first-order valence-electron chi connectivity index (χ1n) is 13.2. The van der Waals surface area contributed by atoms with Crippen LogP contribution in [0.4, 0.5) is 4.79 Å². The lowest BCUT2D eigenvalue weighted by molar-refractivity contribution is -0.140. The molecule has 2 saturated heterocycles. The molecule has 1 aromatic heterocycles. The van der Waals surface area contributed by atoms with E-state index in [9.17, 15) is 9.59 Å².